The third-order valence-electron chi connectivity index (χ3n) is 4.09. The van der Waals surface area contributed by atoms with Gasteiger partial charge in [0, 0.05) is 25.2 Å². The van der Waals surface area contributed by atoms with E-state index in [1.54, 1.807) is 0 Å². The van der Waals surface area contributed by atoms with Gasteiger partial charge >= 0.3 is 0 Å². The van der Waals surface area contributed by atoms with E-state index in [2.05, 4.69) is 24.1 Å². The number of nitrogens with one attached hydrogen (secondary N) is 1. The number of carbonyl (C=O) groups is 1. The van der Waals surface area contributed by atoms with Crippen molar-refractivity contribution in [3.8, 4) is 0 Å². The van der Waals surface area contributed by atoms with Gasteiger partial charge in [-0.25, -0.2) is 0 Å². The highest BCUT2D eigenvalue weighted by molar-refractivity contribution is 5.80. The Morgan fingerprint density at radius 3 is 2.69 bits per heavy atom. The van der Waals surface area contributed by atoms with Crippen molar-refractivity contribution in [1.29, 1.82) is 0 Å². The van der Waals surface area contributed by atoms with Crippen LogP contribution in [0.2, 0.25) is 0 Å². The zero-order valence-electron chi connectivity index (χ0n) is 10.5. The van der Waals surface area contributed by atoms with E-state index < -0.39 is 0 Å². The number of nitrogens with zero attached hydrogens (tertiary/aromatic N) is 1. The predicted molar refractivity (Wildman–Crippen MR) is 65.2 cm³/mol. The van der Waals surface area contributed by atoms with Crippen LogP contribution in [0.5, 0.6) is 0 Å². The van der Waals surface area contributed by atoms with Crippen LogP contribution < -0.4 is 5.32 Å². The van der Waals surface area contributed by atoms with Crippen molar-refractivity contribution in [2.24, 2.45) is 5.92 Å². The van der Waals surface area contributed by atoms with E-state index in [1.165, 1.54) is 19.3 Å². The lowest BCUT2D eigenvalue weighted by Crippen LogP contribution is -2.41. The molecule has 2 fully saturated rings. The van der Waals surface area contributed by atoms with Gasteiger partial charge < -0.3 is 10.2 Å². The number of rotatable bonds is 5. The van der Waals surface area contributed by atoms with Gasteiger partial charge in [-0.15, -0.1) is 0 Å². The third kappa shape index (κ3) is 2.24. The lowest BCUT2D eigenvalue weighted by atomic mass is 9.88. The number of carbonyl (C=O) groups excluding carboxylic acids is 1. The summed E-state index contributed by atoms with van der Waals surface area (Å²) in [6.45, 7) is 6.08. The Bertz CT molecular complexity index is 254. The molecule has 16 heavy (non-hydrogen) atoms. The molecule has 92 valence electrons. The first kappa shape index (κ1) is 11.9. The number of amides is 1. The SMILES string of the molecule is CCCCN(CC)C(=O)C1CC2CCC1N2. The highest BCUT2D eigenvalue weighted by Crippen LogP contribution is 2.34. The molecule has 3 heteroatoms. The summed E-state index contributed by atoms with van der Waals surface area (Å²) >= 11 is 0. The molecular formula is C13H24N2O. The van der Waals surface area contributed by atoms with Crippen molar-refractivity contribution in [2.75, 3.05) is 13.1 Å². The first-order valence-electron chi connectivity index (χ1n) is 6.81. The van der Waals surface area contributed by atoms with Gasteiger partial charge in [0.15, 0.2) is 0 Å². The number of hydrogen-bond acceptors (Lipinski definition) is 2. The summed E-state index contributed by atoms with van der Waals surface area (Å²) in [5.74, 6) is 0.672. The largest absolute Gasteiger partial charge is 0.343 e. The van der Waals surface area contributed by atoms with Crippen LogP contribution in [-0.2, 0) is 4.79 Å². The number of fused-ring (bicyclic) bond motifs is 2. The molecule has 0 radical (unpaired) electrons. The molecule has 2 aliphatic heterocycles. The van der Waals surface area contributed by atoms with Gasteiger partial charge in [-0.05, 0) is 32.6 Å². The Morgan fingerprint density at radius 1 is 1.38 bits per heavy atom. The van der Waals surface area contributed by atoms with E-state index in [4.69, 9.17) is 0 Å². The van der Waals surface area contributed by atoms with E-state index in [-0.39, 0.29) is 5.92 Å². The summed E-state index contributed by atoms with van der Waals surface area (Å²) in [6.07, 6.45) is 5.85. The molecule has 0 aromatic heterocycles. The minimum atomic E-state index is 0.274. The van der Waals surface area contributed by atoms with Gasteiger partial charge in [0.05, 0.1) is 5.92 Å². The second-order valence-electron chi connectivity index (χ2n) is 5.16. The monoisotopic (exact) mass is 224 g/mol. The van der Waals surface area contributed by atoms with Crippen molar-refractivity contribution in [2.45, 2.75) is 58.0 Å². The van der Waals surface area contributed by atoms with Gasteiger partial charge in [-0.2, -0.15) is 0 Å². The van der Waals surface area contributed by atoms with Gasteiger partial charge in [-0.3, -0.25) is 4.79 Å². The molecule has 0 aromatic rings. The van der Waals surface area contributed by atoms with Crippen molar-refractivity contribution in [3.63, 3.8) is 0 Å². The Kier molecular flexibility index (Phi) is 3.85. The molecule has 0 aromatic carbocycles. The summed E-state index contributed by atoms with van der Waals surface area (Å²) in [5.41, 5.74) is 0. The Balaban J connectivity index is 1.90. The summed E-state index contributed by atoms with van der Waals surface area (Å²) in [5, 5.41) is 3.55. The van der Waals surface area contributed by atoms with E-state index >= 15 is 0 Å². The highest BCUT2D eigenvalue weighted by Gasteiger charge is 2.43. The minimum Gasteiger partial charge on any atom is -0.343 e. The second-order valence-corrected chi connectivity index (χ2v) is 5.16. The zero-order valence-corrected chi connectivity index (χ0v) is 10.5. The molecule has 2 rings (SSSR count). The fourth-order valence-electron chi connectivity index (χ4n) is 3.10. The topological polar surface area (TPSA) is 32.3 Å². The maximum Gasteiger partial charge on any atom is 0.227 e. The quantitative estimate of drug-likeness (QED) is 0.772. The molecule has 1 N–H and O–H groups in total. The summed E-state index contributed by atoms with van der Waals surface area (Å²) in [7, 11) is 0. The molecule has 3 atom stereocenters. The number of unbranched alkanes of at least 4 members (excludes halogenated alkanes) is 1. The van der Waals surface area contributed by atoms with E-state index in [0.717, 1.165) is 25.9 Å². The molecule has 0 saturated carbocycles. The number of hydrogen-bond donors (Lipinski definition) is 1. The Hall–Kier alpha value is -0.570. The van der Waals surface area contributed by atoms with Crippen LogP contribution in [0.1, 0.15) is 46.0 Å². The van der Waals surface area contributed by atoms with Crippen molar-refractivity contribution in [3.05, 3.63) is 0 Å². The summed E-state index contributed by atoms with van der Waals surface area (Å²) < 4.78 is 0. The van der Waals surface area contributed by atoms with Crippen molar-refractivity contribution < 1.29 is 4.79 Å². The molecule has 3 unspecified atom stereocenters. The van der Waals surface area contributed by atoms with Gasteiger partial charge in [0.1, 0.15) is 0 Å². The summed E-state index contributed by atoms with van der Waals surface area (Å²) in [6, 6.07) is 1.11. The van der Waals surface area contributed by atoms with E-state index in [1.807, 2.05) is 0 Å². The van der Waals surface area contributed by atoms with Crippen LogP contribution >= 0.6 is 0 Å². The lowest BCUT2D eigenvalue weighted by Gasteiger charge is -2.27. The van der Waals surface area contributed by atoms with Crippen molar-refractivity contribution >= 4 is 5.91 Å². The lowest BCUT2D eigenvalue weighted by molar-refractivity contribution is -0.136. The maximum absolute atomic E-state index is 12.4. The molecule has 3 nitrogen and oxygen atoms in total. The molecule has 0 spiro atoms. The van der Waals surface area contributed by atoms with E-state index in [0.29, 0.717) is 18.0 Å². The minimum absolute atomic E-state index is 0.274. The zero-order chi connectivity index (χ0) is 11.5. The van der Waals surface area contributed by atoms with Crippen molar-refractivity contribution in [1.82, 2.24) is 10.2 Å². The normalized spacial score (nSPS) is 32.0. The van der Waals surface area contributed by atoms with Crippen LogP contribution in [0.4, 0.5) is 0 Å². The first-order valence-corrected chi connectivity index (χ1v) is 6.81. The first-order chi connectivity index (χ1) is 7.76. The average molecular weight is 224 g/mol. The Morgan fingerprint density at radius 2 is 2.19 bits per heavy atom. The molecule has 2 bridgehead atoms. The fraction of sp³-hybridized carbons (Fsp3) is 0.923. The molecule has 1 amide bonds. The van der Waals surface area contributed by atoms with Crippen LogP contribution in [0.25, 0.3) is 0 Å². The van der Waals surface area contributed by atoms with Crippen LogP contribution in [0, 0.1) is 5.92 Å². The second kappa shape index (κ2) is 5.17. The maximum atomic E-state index is 12.4. The van der Waals surface area contributed by atoms with Gasteiger partial charge in [0.25, 0.3) is 0 Å². The van der Waals surface area contributed by atoms with Gasteiger partial charge in [-0.1, -0.05) is 13.3 Å². The summed E-state index contributed by atoms with van der Waals surface area (Å²) in [4.78, 5) is 14.4. The smallest absolute Gasteiger partial charge is 0.227 e. The van der Waals surface area contributed by atoms with E-state index in [9.17, 15) is 4.79 Å². The van der Waals surface area contributed by atoms with Crippen LogP contribution in [-0.4, -0.2) is 36.0 Å². The predicted octanol–water partition coefficient (Wildman–Crippen LogP) is 1.78. The van der Waals surface area contributed by atoms with Crippen LogP contribution in [0.15, 0.2) is 0 Å². The van der Waals surface area contributed by atoms with Gasteiger partial charge in [0.2, 0.25) is 5.91 Å². The molecule has 2 saturated heterocycles. The van der Waals surface area contributed by atoms with Crippen LogP contribution in [0.3, 0.4) is 0 Å². The molecule has 2 aliphatic rings. The Labute approximate surface area is 98.6 Å². The highest BCUT2D eigenvalue weighted by atomic mass is 16.2. The standard InChI is InChI=1S/C13H24N2O/c1-3-5-8-15(4-2)13(16)11-9-10-6-7-12(11)14-10/h10-12,14H,3-9H2,1-2H3. The molecular weight excluding hydrogens is 200 g/mol. The molecule has 2 heterocycles. The fourth-order valence-corrected chi connectivity index (χ4v) is 3.10. The average Bonchev–Trinajstić information content (AvgIpc) is 2.91. The molecule has 0 aliphatic carbocycles. The third-order valence-corrected chi connectivity index (χ3v) is 4.09.